The Kier molecular flexibility index (Phi) is 3.51. The van der Waals surface area contributed by atoms with Crippen LogP contribution in [0.5, 0.6) is 0 Å². The molecule has 0 bridgehead atoms. The minimum Gasteiger partial charge on any atom is -0.397 e. The molecule has 1 aromatic carbocycles. The molecule has 0 amide bonds. The van der Waals surface area contributed by atoms with Crippen LogP contribution in [0.25, 0.3) is 0 Å². The number of hydrogen-bond donors (Lipinski definition) is 1. The Hall–Kier alpha value is -2.03. The lowest BCUT2D eigenvalue weighted by Crippen LogP contribution is -2.19. The van der Waals surface area contributed by atoms with Gasteiger partial charge in [0.15, 0.2) is 0 Å². The summed E-state index contributed by atoms with van der Waals surface area (Å²) in [5.74, 6) is 0.973. The van der Waals surface area contributed by atoms with Crippen LogP contribution in [0.4, 0.5) is 17.2 Å². The van der Waals surface area contributed by atoms with Gasteiger partial charge in [0.05, 0.1) is 11.9 Å². The van der Waals surface area contributed by atoms with E-state index in [0.717, 1.165) is 17.9 Å². The van der Waals surface area contributed by atoms with Gasteiger partial charge in [0.1, 0.15) is 5.82 Å². The van der Waals surface area contributed by atoms with Crippen molar-refractivity contribution in [3.63, 3.8) is 0 Å². The van der Waals surface area contributed by atoms with E-state index in [-0.39, 0.29) is 0 Å². The van der Waals surface area contributed by atoms with Gasteiger partial charge in [-0.2, -0.15) is 0 Å². The Bertz CT molecular complexity index is 549. The molecule has 94 valence electrons. The molecule has 1 heterocycles. The molecule has 2 aromatic rings. The van der Waals surface area contributed by atoms with Gasteiger partial charge in [-0.1, -0.05) is 18.2 Å². The van der Waals surface area contributed by atoms with Crippen molar-refractivity contribution in [3.8, 4) is 0 Å². The summed E-state index contributed by atoms with van der Waals surface area (Å²) in [6.07, 6.45) is 1.71. The number of anilines is 3. The zero-order chi connectivity index (χ0) is 13.1. The number of aromatic nitrogens is 1. The monoisotopic (exact) mass is 241 g/mol. The second-order valence-electron chi connectivity index (χ2n) is 4.44. The van der Waals surface area contributed by atoms with Gasteiger partial charge in [-0.15, -0.1) is 0 Å². The van der Waals surface area contributed by atoms with Crippen LogP contribution in [0.1, 0.15) is 18.1 Å². The SMILES string of the molecule is CCN(c1ccccc1C)c1ncc(N)cc1C. The highest BCUT2D eigenvalue weighted by molar-refractivity contribution is 5.66. The predicted molar refractivity (Wildman–Crippen MR) is 77.2 cm³/mol. The van der Waals surface area contributed by atoms with E-state index in [1.807, 2.05) is 13.0 Å². The first-order valence-electron chi connectivity index (χ1n) is 6.18. The number of nitrogens with two attached hydrogens (primary N) is 1. The molecule has 0 aliphatic carbocycles. The molecule has 0 atom stereocenters. The Balaban J connectivity index is 2.49. The summed E-state index contributed by atoms with van der Waals surface area (Å²) in [5.41, 5.74) is 10.0. The fourth-order valence-electron chi connectivity index (χ4n) is 2.17. The summed E-state index contributed by atoms with van der Waals surface area (Å²) in [6, 6.07) is 10.3. The average molecular weight is 241 g/mol. The number of hydrogen-bond acceptors (Lipinski definition) is 3. The topological polar surface area (TPSA) is 42.2 Å². The van der Waals surface area contributed by atoms with Crippen LogP contribution in [0.2, 0.25) is 0 Å². The van der Waals surface area contributed by atoms with E-state index in [1.54, 1.807) is 6.20 Å². The highest BCUT2D eigenvalue weighted by Crippen LogP contribution is 2.29. The maximum atomic E-state index is 5.76. The molecule has 2 rings (SSSR count). The van der Waals surface area contributed by atoms with Gasteiger partial charge in [-0.3, -0.25) is 0 Å². The largest absolute Gasteiger partial charge is 0.397 e. The third-order valence-corrected chi connectivity index (χ3v) is 3.05. The quantitative estimate of drug-likeness (QED) is 0.895. The Morgan fingerprint density at radius 3 is 2.50 bits per heavy atom. The molecular formula is C15H19N3. The summed E-state index contributed by atoms with van der Waals surface area (Å²) >= 11 is 0. The number of nitrogens with zero attached hydrogens (tertiary/aromatic N) is 2. The Morgan fingerprint density at radius 1 is 1.17 bits per heavy atom. The molecule has 3 heteroatoms. The van der Waals surface area contributed by atoms with E-state index < -0.39 is 0 Å². The van der Waals surface area contributed by atoms with Crippen LogP contribution >= 0.6 is 0 Å². The molecule has 3 nitrogen and oxygen atoms in total. The summed E-state index contributed by atoms with van der Waals surface area (Å²) in [7, 11) is 0. The smallest absolute Gasteiger partial charge is 0.136 e. The third-order valence-electron chi connectivity index (χ3n) is 3.05. The van der Waals surface area contributed by atoms with Gasteiger partial charge in [0, 0.05) is 12.2 Å². The lowest BCUT2D eigenvalue weighted by molar-refractivity contribution is 0.973. The first-order valence-corrected chi connectivity index (χ1v) is 6.18. The van der Waals surface area contributed by atoms with Gasteiger partial charge in [-0.25, -0.2) is 4.98 Å². The summed E-state index contributed by atoms with van der Waals surface area (Å²) in [5, 5.41) is 0. The molecule has 1 aromatic heterocycles. The predicted octanol–water partition coefficient (Wildman–Crippen LogP) is 3.44. The van der Waals surface area contributed by atoms with Crippen LogP contribution in [-0.4, -0.2) is 11.5 Å². The van der Waals surface area contributed by atoms with Crippen molar-refractivity contribution in [3.05, 3.63) is 47.7 Å². The van der Waals surface area contributed by atoms with Crippen molar-refractivity contribution in [2.45, 2.75) is 20.8 Å². The van der Waals surface area contributed by atoms with Crippen molar-refractivity contribution in [1.29, 1.82) is 0 Å². The standard InChI is InChI=1S/C15H19N3/c1-4-18(14-8-6-5-7-11(14)2)15-12(3)9-13(16)10-17-15/h5-10H,4,16H2,1-3H3. The number of aryl methyl sites for hydroxylation is 2. The maximum Gasteiger partial charge on any atom is 0.136 e. The molecule has 0 saturated heterocycles. The molecule has 0 spiro atoms. The van der Waals surface area contributed by atoms with Crippen LogP contribution in [0, 0.1) is 13.8 Å². The van der Waals surface area contributed by atoms with Crippen molar-refractivity contribution in [1.82, 2.24) is 4.98 Å². The zero-order valence-corrected chi connectivity index (χ0v) is 11.1. The van der Waals surface area contributed by atoms with Crippen molar-refractivity contribution < 1.29 is 0 Å². The van der Waals surface area contributed by atoms with Crippen LogP contribution < -0.4 is 10.6 Å². The molecule has 18 heavy (non-hydrogen) atoms. The first kappa shape index (κ1) is 12.4. The summed E-state index contributed by atoms with van der Waals surface area (Å²) in [4.78, 5) is 6.68. The number of para-hydroxylation sites is 1. The molecule has 0 radical (unpaired) electrons. The average Bonchev–Trinajstić information content (AvgIpc) is 2.34. The number of benzene rings is 1. The fraction of sp³-hybridized carbons (Fsp3) is 0.267. The summed E-state index contributed by atoms with van der Waals surface area (Å²) in [6.45, 7) is 7.16. The lowest BCUT2D eigenvalue weighted by Gasteiger charge is -2.25. The minimum absolute atomic E-state index is 0.706. The Morgan fingerprint density at radius 2 is 1.89 bits per heavy atom. The fourth-order valence-corrected chi connectivity index (χ4v) is 2.17. The second-order valence-corrected chi connectivity index (χ2v) is 4.44. The van der Waals surface area contributed by atoms with E-state index >= 15 is 0 Å². The molecule has 0 aliphatic rings. The highest BCUT2D eigenvalue weighted by Gasteiger charge is 2.12. The van der Waals surface area contributed by atoms with E-state index in [2.05, 4.69) is 48.0 Å². The van der Waals surface area contributed by atoms with Gasteiger partial charge in [0.25, 0.3) is 0 Å². The van der Waals surface area contributed by atoms with E-state index in [1.165, 1.54) is 11.3 Å². The van der Waals surface area contributed by atoms with Gasteiger partial charge >= 0.3 is 0 Å². The van der Waals surface area contributed by atoms with Crippen molar-refractivity contribution in [2.75, 3.05) is 17.2 Å². The van der Waals surface area contributed by atoms with Crippen LogP contribution in [0.15, 0.2) is 36.5 Å². The lowest BCUT2D eigenvalue weighted by atomic mass is 10.1. The third kappa shape index (κ3) is 2.30. The highest BCUT2D eigenvalue weighted by atomic mass is 15.2. The summed E-state index contributed by atoms with van der Waals surface area (Å²) < 4.78 is 0. The molecular weight excluding hydrogens is 222 g/mol. The molecule has 0 unspecified atom stereocenters. The number of nitrogen functional groups attached to an aromatic ring is 1. The van der Waals surface area contributed by atoms with Gasteiger partial charge in [0.2, 0.25) is 0 Å². The molecule has 0 fully saturated rings. The minimum atomic E-state index is 0.706. The molecule has 0 saturated carbocycles. The van der Waals surface area contributed by atoms with E-state index in [9.17, 15) is 0 Å². The maximum absolute atomic E-state index is 5.76. The zero-order valence-electron chi connectivity index (χ0n) is 11.1. The van der Waals surface area contributed by atoms with Crippen molar-refractivity contribution in [2.24, 2.45) is 0 Å². The molecule has 2 N–H and O–H groups in total. The van der Waals surface area contributed by atoms with E-state index in [0.29, 0.717) is 5.69 Å². The molecule has 0 aliphatic heterocycles. The number of rotatable bonds is 3. The number of pyridine rings is 1. The van der Waals surface area contributed by atoms with Crippen molar-refractivity contribution >= 4 is 17.2 Å². The van der Waals surface area contributed by atoms with Gasteiger partial charge in [-0.05, 0) is 44.0 Å². The van der Waals surface area contributed by atoms with Crippen LogP contribution in [-0.2, 0) is 0 Å². The van der Waals surface area contributed by atoms with Gasteiger partial charge < -0.3 is 10.6 Å². The normalized spacial score (nSPS) is 10.4. The van der Waals surface area contributed by atoms with E-state index in [4.69, 9.17) is 5.73 Å². The Labute approximate surface area is 108 Å². The first-order chi connectivity index (χ1) is 8.63. The van der Waals surface area contributed by atoms with Crippen LogP contribution in [0.3, 0.4) is 0 Å². The second kappa shape index (κ2) is 5.08.